The number of carbonyl (C=O) groups is 1. The number of benzene rings is 1. The van der Waals surface area contributed by atoms with Crippen LogP contribution in [0.3, 0.4) is 0 Å². The minimum absolute atomic E-state index is 0.0734. The van der Waals surface area contributed by atoms with E-state index in [1.165, 1.54) is 0 Å². The molecule has 0 spiro atoms. The molecule has 1 aliphatic carbocycles. The van der Waals surface area contributed by atoms with Gasteiger partial charge in [0, 0.05) is 12.1 Å². The Morgan fingerprint density at radius 3 is 2.94 bits per heavy atom. The highest BCUT2D eigenvalue weighted by Crippen LogP contribution is 2.34. The van der Waals surface area contributed by atoms with Gasteiger partial charge in [-0.1, -0.05) is 0 Å². The van der Waals surface area contributed by atoms with Crippen molar-refractivity contribution in [3.05, 3.63) is 23.3 Å². The Balaban J connectivity index is 2.30. The van der Waals surface area contributed by atoms with Gasteiger partial charge in [-0.3, -0.25) is 0 Å². The molecule has 0 aromatic heterocycles. The third-order valence-electron chi connectivity index (χ3n) is 2.81. The van der Waals surface area contributed by atoms with Crippen molar-refractivity contribution in [2.24, 2.45) is 5.73 Å². The molecule has 1 atom stereocenters. The highest BCUT2D eigenvalue weighted by Gasteiger charge is 2.23. The van der Waals surface area contributed by atoms with Crippen LogP contribution in [0.2, 0.25) is 0 Å². The molecule has 0 saturated carbocycles. The smallest absolute Gasteiger partial charge is 0.341 e. The zero-order valence-electron chi connectivity index (χ0n) is 9.60. The number of aliphatic carboxylic acids is 1. The molecule has 5 nitrogen and oxygen atoms in total. The highest BCUT2D eigenvalue weighted by atomic mass is 16.5. The summed E-state index contributed by atoms with van der Waals surface area (Å²) in [5.41, 5.74) is 7.97. The molecule has 1 aromatic rings. The van der Waals surface area contributed by atoms with E-state index in [2.05, 4.69) is 0 Å². The van der Waals surface area contributed by atoms with Gasteiger partial charge < -0.3 is 20.3 Å². The second-order valence-corrected chi connectivity index (χ2v) is 4.11. The molecular formula is C12H15NO4. The summed E-state index contributed by atoms with van der Waals surface area (Å²) in [7, 11) is 1.57. The predicted octanol–water partition coefficient (Wildman–Crippen LogP) is 0.584. The lowest BCUT2D eigenvalue weighted by atomic mass is 10.1. The lowest BCUT2D eigenvalue weighted by Crippen LogP contribution is -2.19. The molecule has 2 rings (SSSR count). The molecule has 1 aliphatic rings. The van der Waals surface area contributed by atoms with Gasteiger partial charge in [0.1, 0.15) is 11.5 Å². The molecule has 0 bridgehead atoms. The first-order valence-corrected chi connectivity index (χ1v) is 5.40. The van der Waals surface area contributed by atoms with Crippen LogP contribution in [-0.4, -0.2) is 30.8 Å². The Morgan fingerprint density at radius 2 is 2.29 bits per heavy atom. The van der Waals surface area contributed by atoms with Gasteiger partial charge in [-0.05, 0) is 30.0 Å². The van der Waals surface area contributed by atoms with Crippen LogP contribution in [0.25, 0.3) is 0 Å². The topological polar surface area (TPSA) is 81.8 Å². The third kappa shape index (κ3) is 2.50. The normalized spacial score (nSPS) is 17.6. The van der Waals surface area contributed by atoms with Crippen LogP contribution in [0.15, 0.2) is 12.1 Å². The molecule has 17 heavy (non-hydrogen) atoms. The van der Waals surface area contributed by atoms with Crippen molar-refractivity contribution < 1.29 is 19.4 Å². The summed E-state index contributed by atoms with van der Waals surface area (Å²) >= 11 is 0. The second kappa shape index (κ2) is 4.63. The molecule has 0 saturated heterocycles. The number of carboxylic acids is 1. The first kappa shape index (κ1) is 11.7. The van der Waals surface area contributed by atoms with Gasteiger partial charge in [0.05, 0.1) is 7.11 Å². The van der Waals surface area contributed by atoms with Crippen molar-refractivity contribution >= 4 is 5.97 Å². The van der Waals surface area contributed by atoms with Crippen molar-refractivity contribution in [1.29, 1.82) is 0 Å². The Bertz CT molecular complexity index is 444. The number of rotatable bonds is 4. The van der Waals surface area contributed by atoms with E-state index in [4.69, 9.17) is 20.3 Å². The van der Waals surface area contributed by atoms with Gasteiger partial charge in [-0.15, -0.1) is 0 Å². The molecule has 92 valence electrons. The number of nitrogens with two attached hydrogens (primary N) is 1. The average molecular weight is 237 g/mol. The van der Waals surface area contributed by atoms with Gasteiger partial charge in [-0.2, -0.15) is 0 Å². The summed E-state index contributed by atoms with van der Waals surface area (Å²) in [6.07, 6.45) is 1.49. The molecule has 3 N–H and O–H groups in total. The number of fused-ring (bicyclic) bond motifs is 1. The van der Waals surface area contributed by atoms with Crippen molar-refractivity contribution in [1.82, 2.24) is 0 Å². The Morgan fingerprint density at radius 1 is 1.53 bits per heavy atom. The van der Waals surface area contributed by atoms with E-state index >= 15 is 0 Å². The van der Waals surface area contributed by atoms with Crippen LogP contribution in [0, 0.1) is 0 Å². The minimum atomic E-state index is -0.996. The molecule has 0 aliphatic heterocycles. The molecule has 0 fully saturated rings. The highest BCUT2D eigenvalue weighted by molar-refractivity contribution is 5.68. The summed E-state index contributed by atoms with van der Waals surface area (Å²) in [4.78, 5) is 10.5. The number of carboxylic acid groups (broad SMARTS) is 1. The van der Waals surface area contributed by atoms with Gasteiger partial charge in [-0.25, -0.2) is 4.79 Å². The van der Waals surface area contributed by atoms with Crippen molar-refractivity contribution in [2.45, 2.75) is 18.9 Å². The summed E-state index contributed by atoms with van der Waals surface area (Å²) in [6, 6.07) is 3.71. The molecule has 1 aromatic carbocycles. The number of methoxy groups -OCH3 is 1. The van der Waals surface area contributed by atoms with Crippen LogP contribution < -0.4 is 15.2 Å². The molecule has 0 amide bonds. The standard InChI is InChI=1S/C12H15NO4/c1-16-9-3-7-2-8(13)4-10(7)11(5-9)17-6-12(14)15/h3,5,8H,2,4,6,13H2,1H3,(H,14,15). The molecule has 5 heteroatoms. The Labute approximate surface area is 99.1 Å². The maximum atomic E-state index is 10.5. The van der Waals surface area contributed by atoms with E-state index in [1.54, 1.807) is 13.2 Å². The van der Waals surface area contributed by atoms with E-state index in [1.807, 2.05) is 6.07 Å². The second-order valence-electron chi connectivity index (χ2n) is 4.11. The zero-order chi connectivity index (χ0) is 12.4. The van der Waals surface area contributed by atoms with Crippen LogP contribution in [0.4, 0.5) is 0 Å². The van der Waals surface area contributed by atoms with Gasteiger partial charge in [0.15, 0.2) is 6.61 Å². The number of hydrogen-bond acceptors (Lipinski definition) is 4. The van der Waals surface area contributed by atoms with Crippen molar-refractivity contribution in [3.63, 3.8) is 0 Å². The molecule has 0 heterocycles. The quantitative estimate of drug-likeness (QED) is 0.800. The maximum absolute atomic E-state index is 10.5. The zero-order valence-corrected chi connectivity index (χ0v) is 9.60. The summed E-state index contributed by atoms with van der Waals surface area (Å²) in [5.74, 6) is 0.233. The fourth-order valence-electron chi connectivity index (χ4n) is 2.09. The number of hydrogen-bond donors (Lipinski definition) is 2. The number of ether oxygens (including phenoxy) is 2. The van der Waals surface area contributed by atoms with Crippen molar-refractivity contribution in [2.75, 3.05) is 13.7 Å². The van der Waals surface area contributed by atoms with Gasteiger partial charge >= 0.3 is 5.97 Å². The molecule has 0 radical (unpaired) electrons. The predicted molar refractivity (Wildman–Crippen MR) is 61.5 cm³/mol. The Hall–Kier alpha value is -1.75. The summed E-state index contributed by atoms with van der Waals surface area (Å²) in [5, 5.41) is 8.62. The maximum Gasteiger partial charge on any atom is 0.341 e. The SMILES string of the molecule is COc1cc2c(c(OCC(=O)O)c1)CC(N)C2. The van der Waals surface area contributed by atoms with Gasteiger partial charge in [0.2, 0.25) is 0 Å². The lowest BCUT2D eigenvalue weighted by Gasteiger charge is -2.11. The first-order chi connectivity index (χ1) is 8.10. The van der Waals surface area contributed by atoms with E-state index in [-0.39, 0.29) is 12.6 Å². The first-order valence-electron chi connectivity index (χ1n) is 5.40. The average Bonchev–Trinajstić information content (AvgIpc) is 2.65. The van der Waals surface area contributed by atoms with Crippen LogP contribution in [-0.2, 0) is 17.6 Å². The minimum Gasteiger partial charge on any atom is -0.497 e. The fourth-order valence-corrected chi connectivity index (χ4v) is 2.09. The van der Waals surface area contributed by atoms with Crippen LogP contribution >= 0.6 is 0 Å². The monoisotopic (exact) mass is 237 g/mol. The van der Waals surface area contributed by atoms with E-state index in [0.717, 1.165) is 17.5 Å². The third-order valence-corrected chi connectivity index (χ3v) is 2.81. The summed E-state index contributed by atoms with van der Waals surface area (Å²) < 4.78 is 10.4. The van der Waals surface area contributed by atoms with Crippen LogP contribution in [0.1, 0.15) is 11.1 Å². The van der Waals surface area contributed by atoms with Crippen LogP contribution in [0.5, 0.6) is 11.5 Å². The lowest BCUT2D eigenvalue weighted by molar-refractivity contribution is -0.139. The molecule has 1 unspecified atom stereocenters. The van der Waals surface area contributed by atoms with Gasteiger partial charge in [0.25, 0.3) is 0 Å². The van der Waals surface area contributed by atoms with Crippen molar-refractivity contribution in [3.8, 4) is 11.5 Å². The molecular weight excluding hydrogens is 222 g/mol. The summed E-state index contributed by atoms with van der Waals surface area (Å²) in [6.45, 7) is -0.352. The largest absolute Gasteiger partial charge is 0.497 e. The fraction of sp³-hybridized carbons (Fsp3) is 0.417. The van der Waals surface area contributed by atoms with E-state index in [0.29, 0.717) is 17.9 Å². The van der Waals surface area contributed by atoms with E-state index < -0.39 is 5.97 Å². The Kier molecular flexibility index (Phi) is 3.19. The van der Waals surface area contributed by atoms with E-state index in [9.17, 15) is 4.79 Å².